The summed E-state index contributed by atoms with van der Waals surface area (Å²) in [5, 5.41) is 4.42. The summed E-state index contributed by atoms with van der Waals surface area (Å²) in [6, 6.07) is 8.12. The lowest BCUT2D eigenvalue weighted by Crippen LogP contribution is -2.34. The van der Waals surface area contributed by atoms with Gasteiger partial charge in [0.05, 0.1) is 33.0 Å². The van der Waals surface area contributed by atoms with E-state index in [0.29, 0.717) is 22.3 Å². The van der Waals surface area contributed by atoms with Crippen LogP contribution in [-0.2, 0) is 27.3 Å². The summed E-state index contributed by atoms with van der Waals surface area (Å²) in [6.45, 7) is 2.82. The zero-order valence-corrected chi connectivity index (χ0v) is 17.6. The first kappa shape index (κ1) is 21.1. The summed E-state index contributed by atoms with van der Waals surface area (Å²) in [5.41, 5.74) is 7.89. The van der Waals surface area contributed by atoms with Gasteiger partial charge in [0.1, 0.15) is 0 Å². The summed E-state index contributed by atoms with van der Waals surface area (Å²) < 4.78 is 45.0. The van der Waals surface area contributed by atoms with Crippen molar-refractivity contribution >= 4 is 32.3 Å². The molecule has 1 unspecified atom stereocenters. The molecule has 0 aliphatic rings. The van der Waals surface area contributed by atoms with Crippen molar-refractivity contribution in [3.05, 3.63) is 47.7 Å². The van der Waals surface area contributed by atoms with Gasteiger partial charge in [0.15, 0.2) is 0 Å². The van der Waals surface area contributed by atoms with E-state index in [4.69, 9.17) is 5.73 Å². The van der Waals surface area contributed by atoms with Crippen molar-refractivity contribution in [1.29, 1.82) is 0 Å². The predicted molar refractivity (Wildman–Crippen MR) is 109 cm³/mol. The van der Waals surface area contributed by atoms with Crippen molar-refractivity contribution in [1.82, 2.24) is 14.6 Å². The molecule has 11 heteroatoms. The third-order valence-corrected chi connectivity index (χ3v) is 6.86. The monoisotopic (exact) mass is 436 g/mol. The first-order chi connectivity index (χ1) is 13.4. The minimum absolute atomic E-state index is 0.0227. The molecular formula is C18H20N4O5S2. The van der Waals surface area contributed by atoms with E-state index in [9.17, 15) is 22.0 Å². The standard InChI is InChI=1S/C18H20N4O5S2/c1-18(2,29(25,26)27)9-12-5-4-11(16(19)23)8-14(12)15-7-6-13-10-20-17(28(3)24)21-22(13)15/h4-8,10H,9H2,1-3H3,(H2,19,23)(H,25,26,27). The largest absolute Gasteiger partial charge is 0.366 e. The van der Waals surface area contributed by atoms with Gasteiger partial charge in [0.2, 0.25) is 11.1 Å². The van der Waals surface area contributed by atoms with Gasteiger partial charge >= 0.3 is 0 Å². The second kappa shape index (κ2) is 7.32. The zero-order valence-electron chi connectivity index (χ0n) is 16.0. The van der Waals surface area contributed by atoms with Gasteiger partial charge in [-0.15, -0.1) is 5.10 Å². The molecule has 2 heterocycles. The smallest absolute Gasteiger partial charge is 0.270 e. The van der Waals surface area contributed by atoms with Crippen molar-refractivity contribution in [2.45, 2.75) is 30.2 Å². The number of carbonyl (C=O) groups is 1. The van der Waals surface area contributed by atoms with E-state index >= 15 is 0 Å². The lowest BCUT2D eigenvalue weighted by molar-refractivity contribution is 0.1000. The number of aromatic nitrogens is 3. The van der Waals surface area contributed by atoms with Crippen LogP contribution in [0.2, 0.25) is 0 Å². The van der Waals surface area contributed by atoms with Crippen LogP contribution < -0.4 is 5.73 Å². The summed E-state index contributed by atoms with van der Waals surface area (Å²) in [6.07, 6.45) is 2.95. The van der Waals surface area contributed by atoms with E-state index in [0.717, 1.165) is 0 Å². The summed E-state index contributed by atoms with van der Waals surface area (Å²) in [7, 11) is -5.75. The first-order valence-corrected chi connectivity index (χ1v) is 11.5. The molecule has 29 heavy (non-hydrogen) atoms. The molecule has 0 bridgehead atoms. The number of carbonyl (C=O) groups excluding carboxylic acids is 1. The number of rotatable bonds is 6. The van der Waals surface area contributed by atoms with E-state index in [1.165, 1.54) is 36.9 Å². The second-order valence-corrected chi connectivity index (χ2v) is 10.5. The van der Waals surface area contributed by atoms with Crippen LogP contribution in [-0.4, -0.2) is 48.7 Å². The lowest BCUT2D eigenvalue weighted by atomic mass is 9.94. The maximum atomic E-state index is 11.8. The molecule has 3 aromatic rings. The minimum atomic E-state index is -4.34. The Morgan fingerprint density at radius 3 is 2.55 bits per heavy atom. The van der Waals surface area contributed by atoms with Gasteiger partial charge in [0, 0.05) is 17.4 Å². The van der Waals surface area contributed by atoms with Crippen LogP contribution >= 0.6 is 0 Å². The fourth-order valence-corrected chi connectivity index (χ4v) is 3.63. The highest BCUT2D eigenvalue weighted by molar-refractivity contribution is 7.87. The second-order valence-electron chi connectivity index (χ2n) is 7.20. The predicted octanol–water partition coefficient (Wildman–Crippen LogP) is 1.44. The molecule has 3 N–H and O–H groups in total. The van der Waals surface area contributed by atoms with Crippen LogP contribution in [0.4, 0.5) is 0 Å². The van der Waals surface area contributed by atoms with Crippen molar-refractivity contribution in [3.8, 4) is 11.3 Å². The topological polar surface area (TPSA) is 145 Å². The molecule has 1 atom stereocenters. The molecule has 1 amide bonds. The summed E-state index contributed by atoms with van der Waals surface area (Å²) >= 11 is 0. The van der Waals surface area contributed by atoms with Crippen LogP contribution in [0.1, 0.15) is 29.8 Å². The molecule has 0 radical (unpaired) electrons. The van der Waals surface area contributed by atoms with Crippen LogP contribution in [0.15, 0.2) is 41.7 Å². The molecule has 2 aromatic heterocycles. The third kappa shape index (κ3) is 4.07. The number of nitrogens with zero attached hydrogens (tertiary/aromatic N) is 3. The van der Waals surface area contributed by atoms with Gasteiger partial charge in [-0.1, -0.05) is 6.07 Å². The number of benzene rings is 1. The number of nitrogens with two attached hydrogens (primary N) is 1. The Bertz CT molecular complexity index is 1250. The molecule has 1 aromatic carbocycles. The maximum Gasteiger partial charge on any atom is 0.270 e. The Morgan fingerprint density at radius 2 is 1.97 bits per heavy atom. The summed E-state index contributed by atoms with van der Waals surface area (Å²) in [4.78, 5) is 15.8. The van der Waals surface area contributed by atoms with Gasteiger partial charge in [-0.3, -0.25) is 13.6 Å². The number of fused-ring (bicyclic) bond motifs is 1. The number of hydrogen-bond acceptors (Lipinski definition) is 6. The van der Waals surface area contributed by atoms with Gasteiger partial charge in [-0.05, 0) is 50.1 Å². The minimum Gasteiger partial charge on any atom is -0.366 e. The van der Waals surface area contributed by atoms with E-state index in [1.54, 1.807) is 24.3 Å². The Kier molecular flexibility index (Phi) is 5.32. The Hall–Kier alpha value is -2.63. The highest BCUT2D eigenvalue weighted by Gasteiger charge is 2.34. The normalized spacial score (nSPS) is 13.5. The molecule has 0 saturated carbocycles. The molecule has 3 rings (SSSR count). The lowest BCUT2D eigenvalue weighted by Gasteiger charge is -2.22. The van der Waals surface area contributed by atoms with Crippen LogP contribution in [0, 0.1) is 0 Å². The van der Waals surface area contributed by atoms with E-state index < -0.39 is 31.6 Å². The third-order valence-electron chi connectivity index (χ3n) is 4.62. The van der Waals surface area contributed by atoms with Crippen molar-refractivity contribution < 1.29 is 22.0 Å². The highest BCUT2D eigenvalue weighted by atomic mass is 32.2. The van der Waals surface area contributed by atoms with Gasteiger partial charge in [-0.25, -0.2) is 9.50 Å². The van der Waals surface area contributed by atoms with Gasteiger partial charge in [-0.2, -0.15) is 8.42 Å². The van der Waals surface area contributed by atoms with E-state index in [-0.39, 0.29) is 17.1 Å². The molecule has 0 aliphatic heterocycles. The molecule has 0 spiro atoms. The maximum absolute atomic E-state index is 11.8. The fraction of sp³-hybridized carbons (Fsp3) is 0.278. The van der Waals surface area contributed by atoms with Crippen molar-refractivity contribution in [2.75, 3.05) is 6.26 Å². The average molecular weight is 437 g/mol. The Morgan fingerprint density at radius 1 is 1.28 bits per heavy atom. The zero-order chi connectivity index (χ0) is 21.6. The molecule has 9 nitrogen and oxygen atoms in total. The molecule has 0 aliphatic carbocycles. The summed E-state index contributed by atoms with van der Waals surface area (Å²) in [5.74, 6) is -0.641. The molecule has 0 fully saturated rings. The van der Waals surface area contributed by atoms with Crippen molar-refractivity contribution in [3.63, 3.8) is 0 Å². The van der Waals surface area contributed by atoms with Crippen LogP contribution in [0.5, 0.6) is 0 Å². The van der Waals surface area contributed by atoms with Gasteiger partial charge in [0.25, 0.3) is 10.1 Å². The number of amides is 1. The fourth-order valence-electron chi connectivity index (χ4n) is 2.89. The van der Waals surface area contributed by atoms with E-state index in [2.05, 4.69) is 10.1 Å². The Labute approximate surface area is 170 Å². The van der Waals surface area contributed by atoms with Crippen LogP contribution in [0.3, 0.4) is 0 Å². The van der Waals surface area contributed by atoms with Crippen molar-refractivity contribution in [2.24, 2.45) is 5.73 Å². The van der Waals surface area contributed by atoms with Gasteiger partial charge < -0.3 is 5.73 Å². The molecule has 154 valence electrons. The van der Waals surface area contributed by atoms with E-state index in [1.807, 2.05) is 0 Å². The SMILES string of the molecule is CS(=O)c1ncc2ccc(-c3cc(C(N)=O)ccc3CC(C)(C)S(=O)(=O)O)n2n1. The number of primary amides is 1. The molecule has 0 saturated heterocycles. The average Bonchev–Trinajstić information content (AvgIpc) is 3.03. The first-order valence-electron chi connectivity index (χ1n) is 8.49. The highest BCUT2D eigenvalue weighted by Crippen LogP contribution is 2.31. The van der Waals surface area contributed by atoms with Crippen LogP contribution in [0.25, 0.3) is 16.8 Å². The number of hydrogen-bond donors (Lipinski definition) is 2. The Balaban J connectivity index is 2.26. The quantitative estimate of drug-likeness (QED) is 0.556. The molecular weight excluding hydrogens is 416 g/mol.